The molecular formula is C34H23ClN10O11S. The number of halogens is 1. The summed E-state index contributed by atoms with van der Waals surface area (Å²) in [7, 11) is -4.65. The molecule has 9 N–H and O–H groups in total. The number of azo groups is 1. The molecule has 0 saturated carbocycles. The van der Waals surface area contributed by atoms with Gasteiger partial charge in [-0.15, -0.1) is 10.2 Å². The average Bonchev–Trinajstić information content (AvgIpc) is 3.49. The third-order valence-corrected chi connectivity index (χ3v) is 8.76. The SMILES string of the molecule is Nc1c(N=Nc2cc(S(=O)(=O)O)ccc2Cl)c(-c2ccccc2)nn1-c1nc(Nc2cc(C(=O)O)cc(C(=O)O)c2)nc(Nc2cc(C(=O)O)cc(C(=O)O)c2)n1. The Hall–Kier alpha value is -7.82. The number of nitrogens with zero attached hydrogens (tertiary/aromatic N) is 7. The summed E-state index contributed by atoms with van der Waals surface area (Å²) < 4.78 is 34.0. The van der Waals surface area contributed by atoms with Gasteiger partial charge >= 0.3 is 23.9 Å². The van der Waals surface area contributed by atoms with Crippen molar-refractivity contribution in [2.75, 3.05) is 16.4 Å². The molecule has 288 valence electrons. The van der Waals surface area contributed by atoms with Crippen LogP contribution in [0.1, 0.15) is 41.4 Å². The first-order valence-corrected chi connectivity index (χ1v) is 17.4. The number of hydrogen-bond donors (Lipinski definition) is 8. The number of hydrogen-bond acceptors (Lipinski definition) is 15. The molecule has 0 aliphatic carbocycles. The van der Waals surface area contributed by atoms with Crippen LogP contribution >= 0.6 is 11.6 Å². The molecule has 0 spiro atoms. The van der Waals surface area contributed by atoms with Gasteiger partial charge in [-0.05, 0) is 54.6 Å². The Morgan fingerprint density at radius 2 is 1.18 bits per heavy atom. The van der Waals surface area contributed by atoms with Gasteiger partial charge < -0.3 is 36.8 Å². The molecule has 0 unspecified atom stereocenters. The average molecular weight is 815 g/mol. The summed E-state index contributed by atoms with van der Waals surface area (Å²) in [5, 5.41) is 56.5. The quantitative estimate of drug-likeness (QED) is 0.0496. The Kier molecular flexibility index (Phi) is 10.6. The van der Waals surface area contributed by atoms with Crippen LogP contribution in [0, 0.1) is 0 Å². The van der Waals surface area contributed by atoms with E-state index >= 15 is 0 Å². The molecule has 0 radical (unpaired) electrons. The number of rotatable bonds is 13. The number of benzene rings is 4. The van der Waals surface area contributed by atoms with Crippen molar-refractivity contribution in [3.8, 4) is 17.2 Å². The van der Waals surface area contributed by atoms with Gasteiger partial charge in [0, 0.05) is 16.9 Å². The van der Waals surface area contributed by atoms with Crippen molar-refractivity contribution < 1.29 is 52.6 Å². The minimum absolute atomic E-state index is 0.0432. The van der Waals surface area contributed by atoms with Crippen LogP contribution in [-0.4, -0.2) is 82.0 Å². The fourth-order valence-electron chi connectivity index (χ4n) is 5.02. The first-order valence-electron chi connectivity index (χ1n) is 15.6. The van der Waals surface area contributed by atoms with Gasteiger partial charge in [-0.2, -0.15) is 33.2 Å². The van der Waals surface area contributed by atoms with E-state index in [0.717, 1.165) is 53.2 Å². The van der Waals surface area contributed by atoms with E-state index in [0.29, 0.717) is 5.56 Å². The van der Waals surface area contributed by atoms with E-state index in [1.807, 2.05) is 0 Å². The van der Waals surface area contributed by atoms with Crippen LogP contribution in [-0.2, 0) is 10.1 Å². The highest BCUT2D eigenvalue weighted by atomic mass is 35.5. The lowest BCUT2D eigenvalue weighted by atomic mass is 10.1. The van der Waals surface area contributed by atoms with Crippen LogP contribution in [0.2, 0.25) is 5.02 Å². The van der Waals surface area contributed by atoms with Crippen molar-refractivity contribution in [2.24, 2.45) is 10.2 Å². The fourth-order valence-corrected chi connectivity index (χ4v) is 5.68. The van der Waals surface area contributed by atoms with Crippen molar-refractivity contribution in [3.05, 3.63) is 112 Å². The van der Waals surface area contributed by atoms with Crippen molar-refractivity contribution in [1.82, 2.24) is 24.7 Å². The van der Waals surface area contributed by atoms with Gasteiger partial charge in [0.05, 0.1) is 32.2 Å². The van der Waals surface area contributed by atoms with Gasteiger partial charge in [-0.1, -0.05) is 41.9 Å². The molecule has 0 amide bonds. The van der Waals surface area contributed by atoms with Crippen LogP contribution in [0.5, 0.6) is 0 Å². The molecule has 0 bridgehead atoms. The molecule has 0 saturated heterocycles. The molecule has 23 heteroatoms. The number of nitrogens with two attached hydrogens (primary N) is 1. The predicted molar refractivity (Wildman–Crippen MR) is 200 cm³/mol. The summed E-state index contributed by atoms with van der Waals surface area (Å²) in [5.74, 6) is -7.18. The predicted octanol–water partition coefficient (Wildman–Crippen LogP) is 5.90. The third-order valence-electron chi connectivity index (χ3n) is 7.59. The first kappa shape index (κ1) is 38.9. The molecular weight excluding hydrogens is 792 g/mol. The fraction of sp³-hybridized carbons (Fsp3) is 0. The number of aromatic nitrogens is 5. The lowest BCUT2D eigenvalue weighted by Gasteiger charge is -2.12. The van der Waals surface area contributed by atoms with Gasteiger partial charge in [0.2, 0.25) is 11.9 Å². The molecule has 0 aliphatic rings. The van der Waals surface area contributed by atoms with E-state index in [1.165, 1.54) is 6.07 Å². The maximum absolute atomic E-state index is 11.8. The number of carbonyl (C=O) groups is 4. The molecule has 6 rings (SSSR count). The summed E-state index contributed by atoms with van der Waals surface area (Å²) in [4.78, 5) is 59.6. The topological polar surface area (TPSA) is 335 Å². The zero-order valence-corrected chi connectivity index (χ0v) is 29.8. The maximum atomic E-state index is 11.8. The number of anilines is 5. The van der Waals surface area contributed by atoms with Gasteiger partial charge in [-0.25, -0.2) is 19.2 Å². The van der Waals surface area contributed by atoms with E-state index in [-0.39, 0.29) is 57.1 Å². The van der Waals surface area contributed by atoms with Crippen LogP contribution in [0.25, 0.3) is 17.2 Å². The number of nitrogen functional groups attached to an aromatic ring is 1. The molecule has 0 atom stereocenters. The second kappa shape index (κ2) is 15.5. The highest BCUT2D eigenvalue weighted by Crippen LogP contribution is 2.38. The second-order valence-corrected chi connectivity index (χ2v) is 13.3. The van der Waals surface area contributed by atoms with Crippen molar-refractivity contribution in [3.63, 3.8) is 0 Å². The van der Waals surface area contributed by atoms with Crippen LogP contribution in [0.3, 0.4) is 0 Å². The lowest BCUT2D eigenvalue weighted by molar-refractivity contribution is 0.0676. The van der Waals surface area contributed by atoms with Gasteiger partial charge in [0.1, 0.15) is 11.4 Å². The summed E-state index contributed by atoms with van der Waals surface area (Å²) in [6.07, 6.45) is 0. The first-order chi connectivity index (χ1) is 27.0. The normalized spacial score (nSPS) is 11.3. The Morgan fingerprint density at radius 3 is 1.63 bits per heavy atom. The number of carboxylic acid groups (broad SMARTS) is 4. The summed E-state index contributed by atoms with van der Waals surface area (Å²) in [6, 6.07) is 17.8. The summed E-state index contributed by atoms with van der Waals surface area (Å²) >= 11 is 6.23. The van der Waals surface area contributed by atoms with E-state index in [1.54, 1.807) is 30.3 Å². The largest absolute Gasteiger partial charge is 0.478 e. The minimum Gasteiger partial charge on any atom is -0.478 e. The minimum atomic E-state index is -4.65. The Labute approximate surface area is 323 Å². The number of carboxylic acids is 4. The zero-order valence-electron chi connectivity index (χ0n) is 28.3. The Bertz CT molecular complexity index is 2620. The molecule has 4 aromatic carbocycles. The third kappa shape index (κ3) is 8.78. The van der Waals surface area contributed by atoms with Gasteiger partial charge in [-0.3, -0.25) is 4.55 Å². The highest BCUT2D eigenvalue weighted by molar-refractivity contribution is 7.85. The molecule has 21 nitrogen and oxygen atoms in total. The zero-order chi connectivity index (χ0) is 41.2. The molecule has 0 fully saturated rings. The highest BCUT2D eigenvalue weighted by Gasteiger charge is 2.23. The molecule has 6 aromatic rings. The molecule has 2 heterocycles. The van der Waals surface area contributed by atoms with E-state index < -0.39 is 61.1 Å². The summed E-state index contributed by atoms with van der Waals surface area (Å²) in [6.45, 7) is 0. The molecule has 2 aromatic heterocycles. The monoisotopic (exact) mass is 814 g/mol. The molecule has 57 heavy (non-hydrogen) atoms. The standard InChI is InChI=1S/C34H23ClN10O11S/c35-23-7-6-22(57(54,55)56)14-24(23)42-43-26-25(15-4-2-1-3-5-15)44-45(27(26)36)34-40-32(37-20-10-16(28(46)47)8-17(11-20)29(48)49)39-33(41-34)38-21-12-18(30(50)51)9-19(13-21)31(52)53/h1-14H,36H2,(H,46,47)(H,48,49)(H,50,51)(H,52,53)(H,54,55,56)(H2,37,38,39,40,41). The Balaban J connectivity index is 1.54. The van der Waals surface area contributed by atoms with Crippen molar-refractivity contribution in [1.29, 1.82) is 0 Å². The second-order valence-electron chi connectivity index (χ2n) is 11.5. The van der Waals surface area contributed by atoms with E-state index in [2.05, 4.69) is 40.9 Å². The van der Waals surface area contributed by atoms with Crippen molar-refractivity contribution >= 4 is 86.1 Å². The Morgan fingerprint density at radius 1 is 0.684 bits per heavy atom. The number of aromatic carboxylic acids is 4. The van der Waals surface area contributed by atoms with E-state index in [4.69, 9.17) is 17.3 Å². The van der Waals surface area contributed by atoms with E-state index in [9.17, 15) is 52.6 Å². The van der Waals surface area contributed by atoms with Crippen LogP contribution < -0.4 is 16.4 Å². The smallest absolute Gasteiger partial charge is 0.335 e. The van der Waals surface area contributed by atoms with Gasteiger partial charge in [0.25, 0.3) is 16.1 Å². The van der Waals surface area contributed by atoms with Crippen molar-refractivity contribution in [2.45, 2.75) is 4.90 Å². The number of nitrogens with one attached hydrogen (secondary N) is 2. The maximum Gasteiger partial charge on any atom is 0.335 e. The van der Waals surface area contributed by atoms with Crippen LogP contribution in [0.15, 0.2) is 100 Å². The van der Waals surface area contributed by atoms with Gasteiger partial charge in [0.15, 0.2) is 11.5 Å². The summed E-state index contributed by atoms with van der Waals surface area (Å²) in [5.41, 5.74) is 4.98. The molecule has 0 aliphatic heterocycles. The van der Waals surface area contributed by atoms with Crippen LogP contribution in [0.4, 0.5) is 40.5 Å². The lowest BCUT2D eigenvalue weighted by Crippen LogP contribution is -2.13.